The highest BCUT2D eigenvalue weighted by Gasteiger charge is 2.17. The number of hydrogen-bond donors (Lipinski definition) is 4. The van der Waals surface area contributed by atoms with E-state index in [1.807, 2.05) is 43.5 Å². The number of aromatic amines is 2. The SMILES string of the molecule is Cc1c(F)ccc2[nH]c(-c3ccnc(NCCCCC4CCN(C)CC4)c3)nc12.Cc1cc(Cl)cc2[nH]c(-c3ccnc(NCCCCC4CCN(C)CC4)c3)nc12. The molecule has 10 nitrogen and oxygen atoms in total. The third-order valence-electron chi connectivity index (χ3n) is 12.0. The zero-order chi connectivity index (χ0) is 40.4. The molecule has 0 radical (unpaired) electrons. The summed E-state index contributed by atoms with van der Waals surface area (Å²) in [6, 6.07) is 15.1. The summed E-state index contributed by atoms with van der Waals surface area (Å²) in [6.07, 6.45) is 16.6. The quantitative estimate of drug-likeness (QED) is 0.0805. The van der Waals surface area contributed by atoms with E-state index in [9.17, 15) is 4.39 Å². The maximum atomic E-state index is 13.8. The molecule has 0 amide bonds. The number of imidazole rings is 2. The molecule has 0 aliphatic carbocycles. The number of pyridine rings is 2. The van der Waals surface area contributed by atoms with Crippen LogP contribution in [-0.4, -0.2) is 93.1 Å². The van der Waals surface area contributed by atoms with Crippen molar-refractivity contribution in [1.82, 2.24) is 39.7 Å². The smallest absolute Gasteiger partial charge is 0.138 e. The Balaban J connectivity index is 0.000000177. The molecule has 0 bridgehead atoms. The Bertz CT molecular complexity index is 2160. The van der Waals surface area contributed by atoms with Crippen molar-refractivity contribution in [3.05, 3.63) is 82.9 Å². The molecule has 0 spiro atoms. The number of benzene rings is 2. The van der Waals surface area contributed by atoms with Crippen LogP contribution in [0.4, 0.5) is 16.0 Å². The van der Waals surface area contributed by atoms with E-state index in [4.69, 9.17) is 16.6 Å². The van der Waals surface area contributed by atoms with Gasteiger partial charge in [-0.3, -0.25) is 0 Å². The third-order valence-corrected chi connectivity index (χ3v) is 12.2. The van der Waals surface area contributed by atoms with E-state index >= 15 is 0 Å². The lowest BCUT2D eigenvalue weighted by molar-refractivity contribution is 0.210. The molecule has 308 valence electrons. The topological polar surface area (TPSA) is 114 Å². The molecule has 2 aliphatic heterocycles. The Labute approximate surface area is 347 Å². The summed E-state index contributed by atoms with van der Waals surface area (Å²) in [7, 11) is 4.44. The molecule has 4 N–H and O–H groups in total. The Hall–Kier alpha value is -4.58. The molecule has 0 unspecified atom stereocenters. The average molecular weight is 808 g/mol. The standard InChI is InChI=1S/C23H30ClN5.C23H30FN5/c1-16-13-19(24)15-20-22(16)28-23(27-20)18-6-10-26-21(14-18)25-9-4-3-5-17-7-11-29(2)12-8-17;1-16-19(24)6-7-20-22(16)28-23(27-20)18-8-12-26-21(15-18)25-11-4-3-5-17-9-13-29(2)14-10-17/h6,10,13-15,17H,3-5,7-9,11-12H2,1-2H3,(H,25,26)(H,27,28);6-8,12,15,17H,3-5,9-11,13-14H2,1-2H3,(H,25,26)(H,27,28). The molecule has 2 aliphatic rings. The summed E-state index contributed by atoms with van der Waals surface area (Å²) in [4.78, 5) is 29.8. The molecule has 58 heavy (non-hydrogen) atoms. The fraction of sp³-hybridized carbons (Fsp3) is 0.478. The van der Waals surface area contributed by atoms with E-state index in [0.717, 1.165) is 92.9 Å². The summed E-state index contributed by atoms with van der Waals surface area (Å²) < 4.78 is 13.8. The van der Waals surface area contributed by atoms with Gasteiger partial charge in [0.15, 0.2) is 0 Å². The molecule has 12 heteroatoms. The highest BCUT2D eigenvalue weighted by Crippen LogP contribution is 2.28. The zero-order valence-corrected chi connectivity index (χ0v) is 35.4. The summed E-state index contributed by atoms with van der Waals surface area (Å²) in [5.41, 5.74) is 7.08. The van der Waals surface area contributed by atoms with Crippen LogP contribution >= 0.6 is 11.6 Å². The van der Waals surface area contributed by atoms with Gasteiger partial charge in [-0.2, -0.15) is 0 Å². The molecule has 4 aromatic heterocycles. The highest BCUT2D eigenvalue weighted by atomic mass is 35.5. The van der Waals surface area contributed by atoms with Gasteiger partial charge in [-0.15, -0.1) is 0 Å². The minimum absolute atomic E-state index is 0.229. The number of nitrogens with one attached hydrogen (secondary N) is 4. The van der Waals surface area contributed by atoms with Crippen molar-refractivity contribution >= 4 is 45.3 Å². The summed E-state index contributed by atoms with van der Waals surface area (Å²) in [6.45, 7) is 10.7. The largest absolute Gasteiger partial charge is 0.370 e. The number of nitrogens with zero attached hydrogens (tertiary/aromatic N) is 6. The number of halogens is 2. The second-order valence-electron chi connectivity index (χ2n) is 16.6. The fourth-order valence-corrected chi connectivity index (χ4v) is 8.58. The van der Waals surface area contributed by atoms with Crippen molar-refractivity contribution in [3.8, 4) is 22.8 Å². The molecule has 8 rings (SSSR count). The van der Waals surface area contributed by atoms with Gasteiger partial charge in [0.2, 0.25) is 0 Å². The fourth-order valence-electron chi connectivity index (χ4n) is 8.31. The minimum Gasteiger partial charge on any atom is -0.370 e. The van der Waals surface area contributed by atoms with Gasteiger partial charge in [-0.1, -0.05) is 37.3 Å². The van der Waals surface area contributed by atoms with Crippen LogP contribution in [0, 0.1) is 31.5 Å². The first-order valence-electron chi connectivity index (χ1n) is 21.3. The van der Waals surface area contributed by atoms with Crippen molar-refractivity contribution in [2.75, 3.05) is 64.0 Å². The number of aromatic nitrogens is 6. The van der Waals surface area contributed by atoms with Crippen LogP contribution in [0.2, 0.25) is 5.02 Å². The number of rotatable bonds is 14. The Morgan fingerprint density at radius 1 is 0.672 bits per heavy atom. The molecule has 2 aromatic carbocycles. The first kappa shape index (κ1) is 41.6. The van der Waals surface area contributed by atoms with Crippen molar-refractivity contribution < 1.29 is 4.39 Å². The van der Waals surface area contributed by atoms with Crippen LogP contribution in [0.5, 0.6) is 0 Å². The maximum Gasteiger partial charge on any atom is 0.138 e. The summed E-state index contributed by atoms with van der Waals surface area (Å²) in [5, 5.41) is 7.63. The predicted molar refractivity (Wildman–Crippen MR) is 238 cm³/mol. The number of anilines is 2. The number of fused-ring (bicyclic) bond motifs is 2. The lowest BCUT2D eigenvalue weighted by atomic mass is 9.92. The van der Waals surface area contributed by atoms with E-state index in [-0.39, 0.29) is 5.82 Å². The molecule has 6 heterocycles. The van der Waals surface area contributed by atoms with Crippen molar-refractivity contribution in [2.45, 2.75) is 78.1 Å². The molecule has 6 aromatic rings. The van der Waals surface area contributed by atoms with Crippen LogP contribution in [0.1, 0.15) is 75.3 Å². The van der Waals surface area contributed by atoms with E-state index < -0.39 is 0 Å². The van der Waals surface area contributed by atoms with Crippen molar-refractivity contribution in [3.63, 3.8) is 0 Å². The number of hydrogen-bond acceptors (Lipinski definition) is 8. The summed E-state index contributed by atoms with van der Waals surface area (Å²) in [5.74, 6) is 4.92. The number of likely N-dealkylation sites (tertiary alicyclic amines) is 2. The van der Waals surface area contributed by atoms with E-state index in [2.05, 4.69) is 65.5 Å². The lowest BCUT2D eigenvalue weighted by Gasteiger charge is -2.28. The number of H-pyrrole nitrogens is 2. The Morgan fingerprint density at radius 3 is 1.74 bits per heavy atom. The first-order valence-corrected chi connectivity index (χ1v) is 21.6. The van der Waals surface area contributed by atoms with Crippen molar-refractivity contribution in [2.24, 2.45) is 11.8 Å². The van der Waals surface area contributed by atoms with Crippen LogP contribution in [0.3, 0.4) is 0 Å². The monoisotopic (exact) mass is 806 g/mol. The maximum absolute atomic E-state index is 13.8. The normalized spacial score (nSPS) is 15.8. The average Bonchev–Trinajstić information content (AvgIpc) is 3.87. The van der Waals surface area contributed by atoms with Crippen LogP contribution in [0.25, 0.3) is 44.8 Å². The van der Waals surface area contributed by atoms with E-state index in [1.165, 1.54) is 90.0 Å². The minimum atomic E-state index is -0.229. The van der Waals surface area contributed by atoms with Gasteiger partial charge < -0.3 is 30.4 Å². The van der Waals surface area contributed by atoms with E-state index in [0.29, 0.717) is 11.1 Å². The molecule has 2 fully saturated rings. The van der Waals surface area contributed by atoms with Gasteiger partial charge >= 0.3 is 0 Å². The van der Waals surface area contributed by atoms with Crippen LogP contribution in [0.15, 0.2) is 60.9 Å². The second-order valence-corrected chi connectivity index (χ2v) is 17.0. The highest BCUT2D eigenvalue weighted by molar-refractivity contribution is 6.31. The Morgan fingerprint density at radius 2 is 1.19 bits per heavy atom. The van der Waals surface area contributed by atoms with Gasteiger partial charge in [0, 0.05) is 47.2 Å². The summed E-state index contributed by atoms with van der Waals surface area (Å²) >= 11 is 6.17. The second kappa shape index (κ2) is 19.9. The molecule has 2 saturated heterocycles. The number of piperidine rings is 2. The number of unbranched alkanes of at least 4 members (excludes halogenated alkanes) is 2. The van der Waals surface area contributed by atoms with Crippen molar-refractivity contribution in [1.29, 1.82) is 0 Å². The lowest BCUT2D eigenvalue weighted by Crippen LogP contribution is -2.30. The first-order chi connectivity index (χ1) is 28.2. The van der Waals surface area contributed by atoms with Gasteiger partial charge in [0.05, 0.1) is 22.1 Å². The number of aryl methyl sites for hydroxylation is 2. The van der Waals surface area contributed by atoms with Crippen LogP contribution < -0.4 is 10.6 Å². The third kappa shape index (κ3) is 11.1. The van der Waals surface area contributed by atoms with E-state index in [1.54, 1.807) is 19.2 Å². The van der Waals surface area contributed by atoms with Gasteiger partial charge in [0.1, 0.15) is 29.1 Å². The molecule has 0 saturated carbocycles. The molecular weight excluding hydrogens is 747 g/mol. The zero-order valence-electron chi connectivity index (χ0n) is 34.7. The molecular formula is C46H60ClFN10. The van der Waals surface area contributed by atoms with Gasteiger partial charge in [-0.25, -0.2) is 24.3 Å². The Kier molecular flexibility index (Phi) is 14.3. The van der Waals surface area contributed by atoms with Crippen LogP contribution in [-0.2, 0) is 0 Å². The van der Waals surface area contributed by atoms with Gasteiger partial charge in [-0.05, 0) is 159 Å². The van der Waals surface area contributed by atoms with Gasteiger partial charge in [0.25, 0.3) is 0 Å². The molecule has 0 atom stereocenters. The predicted octanol–water partition coefficient (Wildman–Crippen LogP) is 10.5.